The van der Waals surface area contributed by atoms with E-state index in [1.807, 2.05) is 19.1 Å². The minimum Gasteiger partial charge on any atom is -0.507 e. The van der Waals surface area contributed by atoms with Gasteiger partial charge in [0.15, 0.2) is 0 Å². The number of para-hydroxylation sites is 1. The quantitative estimate of drug-likeness (QED) is 0.400. The van der Waals surface area contributed by atoms with Crippen molar-refractivity contribution in [1.82, 2.24) is 0 Å². The van der Waals surface area contributed by atoms with Crippen LogP contribution in [-0.2, 0) is 9.59 Å². The number of aliphatic hydroxyl groups excluding tert-OH is 1. The lowest BCUT2D eigenvalue weighted by Crippen LogP contribution is -2.30. The minimum atomic E-state index is -1.07. The van der Waals surface area contributed by atoms with Crippen LogP contribution in [0.5, 0.6) is 0 Å². The highest BCUT2D eigenvalue weighted by atomic mass is 19.1. The van der Waals surface area contributed by atoms with Crippen molar-refractivity contribution in [2.75, 3.05) is 4.90 Å². The van der Waals surface area contributed by atoms with Crippen molar-refractivity contribution in [3.05, 3.63) is 107 Å². The molecule has 1 atom stereocenters. The summed E-state index contributed by atoms with van der Waals surface area (Å²) < 4.78 is 14.8. The van der Waals surface area contributed by atoms with Gasteiger partial charge >= 0.3 is 0 Å². The lowest BCUT2D eigenvalue weighted by molar-refractivity contribution is -0.132. The van der Waals surface area contributed by atoms with E-state index in [1.165, 1.54) is 23.1 Å². The Morgan fingerprint density at radius 2 is 1.52 bits per heavy atom. The summed E-state index contributed by atoms with van der Waals surface area (Å²) in [7, 11) is 0. The second kappa shape index (κ2) is 7.36. The molecular weight excluding hydrogens is 369 g/mol. The molecule has 5 heteroatoms. The van der Waals surface area contributed by atoms with E-state index in [-0.39, 0.29) is 16.9 Å². The molecule has 1 saturated heterocycles. The van der Waals surface area contributed by atoms with Crippen LogP contribution in [0.1, 0.15) is 22.7 Å². The Labute approximate surface area is 167 Å². The Morgan fingerprint density at radius 1 is 0.897 bits per heavy atom. The zero-order valence-electron chi connectivity index (χ0n) is 15.7. The molecule has 1 amide bonds. The minimum absolute atomic E-state index is 0.130. The molecule has 3 aromatic rings. The number of hydrogen-bond acceptors (Lipinski definition) is 3. The summed E-state index contributed by atoms with van der Waals surface area (Å²) in [4.78, 5) is 27.3. The van der Waals surface area contributed by atoms with Gasteiger partial charge in [-0.25, -0.2) is 4.39 Å². The van der Waals surface area contributed by atoms with Gasteiger partial charge in [0.2, 0.25) is 0 Å². The molecule has 4 rings (SSSR count). The molecule has 4 nitrogen and oxygen atoms in total. The van der Waals surface area contributed by atoms with Crippen molar-refractivity contribution in [1.29, 1.82) is 0 Å². The fourth-order valence-electron chi connectivity index (χ4n) is 3.66. The van der Waals surface area contributed by atoms with Gasteiger partial charge in [-0.3, -0.25) is 14.5 Å². The summed E-state index contributed by atoms with van der Waals surface area (Å²) in [5.74, 6) is -2.53. The number of hydrogen-bond donors (Lipinski definition) is 1. The highest BCUT2D eigenvalue weighted by molar-refractivity contribution is 6.51. The van der Waals surface area contributed by atoms with Gasteiger partial charge in [0.25, 0.3) is 11.7 Å². The molecule has 0 saturated carbocycles. The van der Waals surface area contributed by atoms with Crippen molar-refractivity contribution >= 4 is 23.1 Å². The van der Waals surface area contributed by atoms with Crippen LogP contribution in [-0.4, -0.2) is 16.8 Å². The standard InChI is InChI=1S/C24H18FNO3/c1-15-9-5-8-14-19(15)26-21(17-12-6-7-13-18(17)25)20(23(28)24(26)29)22(27)16-10-3-2-4-11-16/h2-14,21,27H,1H3/t21-/m0/s1. The van der Waals surface area contributed by atoms with E-state index in [0.29, 0.717) is 11.3 Å². The van der Waals surface area contributed by atoms with Gasteiger partial charge in [0, 0.05) is 16.8 Å². The number of rotatable bonds is 3. The predicted molar refractivity (Wildman–Crippen MR) is 109 cm³/mol. The Balaban J connectivity index is 2.01. The maximum atomic E-state index is 14.8. The first kappa shape index (κ1) is 18.6. The molecular formula is C24H18FNO3. The van der Waals surface area contributed by atoms with Crippen LogP contribution in [0.4, 0.5) is 10.1 Å². The van der Waals surface area contributed by atoms with E-state index in [0.717, 1.165) is 5.56 Å². The van der Waals surface area contributed by atoms with Crippen LogP contribution >= 0.6 is 0 Å². The lowest BCUT2D eigenvalue weighted by atomic mass is 9.94. The predicted octanol–water partition coefficient (Wildman–Crippen LogP) is 4.76. The molecule has 1 heterocycles. The number of benzene rings is 3. The third-order valence-corrected chi connectivity index (χ3v) is 5.07. The molecule has 1 fully saturated rings. The molecule has 0 unspecified atom stereocenters. The Morgan fingerprint density at radius 3 is 2.21 bits per heavy atom. The Kier molecular flexibility index (Phi) is 4.72. The smallest absolute Gasteiger partial charge is 0.300 e. The fourth-order valence-corrected chi connectivity index (χ4v) is 3.66. The van der Waals surface area contributed by atoms with Crippen LogP contribution in [0.2, 0.25) is 0 Å². The molecule has 144 valence electrons. The number of halogens is 1. The third-order valence-electron chi connectivity index (χ3n) is 5.07. The summed E-state index contributed by atoms with van der Waals surface area (Å²) in [6.45, 7) is 1.81. The third kappa shape index (κ3) is 3.10. The molecule has 3 aromatic carbocycles. The van der Waals surface area contributed by atoms with Crippen molar-refractivity contribution in [3.8, 4) is 0 Å². The van der Waals surface area contributed by atoms with Crippen LogP contribution in [0.15, 0.2) is 84.4 Å². The second-order valence-electron chi connectivity index (χ2n) is 6.84. The van der Waals surface area contributed by atoms with Crippen LogP contribution < -0.4 is 4.90 Å². The molecule has 0 aromatic heterocycles. The number of aryl methyl sites for hydroxylation is 1. The number of nitrogens with zero attached hydrogens (tertiary/aromatic N) is 1. The van der Waals surface area contributed by atoms with E-state index < -0.39 is 23.5 Å². The monoisotopic (exact) mass is 387 g/mol. The summed E-state index contributed by atoms with van der Waals surface area (Å²) in [6.07, 6.45) is 0. The van der Waals surface area contributed by atoms with E-state index >= 15 is 0 Å². The molecule has 0 radical (unpaired) electrons. The molecule has 0 bridgehead atoms. The molecule has 29 heavy (non-hydrogen) atoms. The fraction of sp³-hybridized carbons (Fsp3) is 0.0833. The van der Waals surface area contributed by atoms with E-state index in [9.17, 15) is 19.1 Å². The number of carbonyl (C=O) groups is 2. The van der Waals surface area contributed by atoms with Gasteiger partial charge in [-0.15, -0.1) is 0 Å². The second-order valence-corrected chi connectivity index (χ2v) is 6.84. The number of aliphatic hydroxyl groups is 1. The number of carbonyl (C=O) groups excluding carboxylic acids is 2. The van der Waals surface area contributed by atoms with Crippen molar-refractivity contribution in [2.24, 2.45) is 0 Å². The molecule has 0 spiro atoms. The maximum Gasteiger partial charge on any atom is 0.300 e. The largest absolute Gasteiger partial charge is 0.507 e. The van der Waals surface area contributed by atoms with E-state index in [4.69, 9.17) is 0 Å². The highest BCUT2D eigenvalue weighted by Crippen LogP contribution is 2.43. The Bertz CT molecular complexity index is 1140. The molecule has 1 aliphatic heterocycles. The van der Waals surface area contributed by atoms with Crippen molar-refractivity contribution in [3.63, 3.8) is 0 Å². The molecule has 0 aliphatic carbocycles. The maximum absolute atomic E-state index is 14.8. The number of amides is 1. The zero-order chi connectivity index (χ0) is 20.5. The number of ketones is 1. The summed E-state index contributed by atoms with van der Waals surface area (Å²) in [6, 6.07) is 20.4. The Hall–Kier alpha value is -3.73. The normalized spacial score (nSPS) is 18.3. The average Bonchev–Trinajstić information content (AvgIpc) is 2.99. The lowest BCUT2D eigenvalue weighted by Gasteiger charge is -2.27. The van der Waals surface area contributed by atoms with Gasteiger partial charge in [0.1, 0.15) is 11.6 Å². The van der Waals surface area contributed by atoms with Gasteiger partial charge in [-0.05, 0) is 24.6 Å². The van der Waals surface area contributed by atoms with E-state index in [2.05, 4.69) is 0 Å². The molecule has 1 aliphatic rings. The zero-order valence-corrected chi connectivity index (χ0v) is 15.7. The van der Waals surface area contributed by atoms with Crippen molar-refractivity contribution < 1.29 is 19.1 Å². The van der Waals surface area contributed by atoms with Crippen molar-refractivity contribution in [2.45, 2.75) is 13.0 Å². The first-order valence-electron chi connectivity index (χ1n) is 9.17. The van der Waals surface area contributed by atoms with Gasteiger partial charge < -0.3 is 5.11 Å². The topological polar surface area (TPSA) is 57.6 Å². The number of Topliss-reactive ketones (excluding diaryl/α,β-unsaturated/α-hetero) is 1. The van der Waals surface area contributed by atoms with E-state index in [1.54, 1.807) is 48.5 Å². The molecule has 1 N–H and O–H groups in total. The van der Waals surface area contributed by atoms with Crippen LogP contribution in [0.25, 0.3) is 5.76 Å². The highest BCUT2D eigenvalue weighted by Gasteiger charge is 2.48. The average molecular weight is 387 g/mol. The van der Waals surface area contributed by atoms with Crippen LogP contribution in [0.3, 0.4) is 0 Å². The van der Waals surface area contributed by atoms with Gasteiger partial charge in [-0.2, -0.15) is 0 Å². The van der Waals surface area contributed by atoms with Gasteiger partial charge in [-0.1, -0.05) is 66.7 Å². The first-order chi connectivity index (χ1) is 14.0. The summed E-state index contributed by atoms with van der Waals surface area (Å²) >= 11 is 0. The van der Waals surface area contributed by atoms with Gasteiger partial charge in [0.05, 0.1) is 11.6 Å². The summed E-state index contributed by atoms with van der Waals surface area (Å²) in [5.41, 5.74) is 1.66. The SMILES string of the molecule is Cc1ccccc1N1C(=O)C(=O)C(=C(O)c2ccccc2)[C@@H]1c1ccccc1F. The first-order valence-corrected chi connectivity index (χ1v) is 9.17. The number of anilines is 1. The van der Waals surface area contributed by atoms with Crippen LogP contribution in [0, 0.1) is 12.7 Å². The summed E-state index contributed by atoms with van der Waals surface area (Å²) in [5, 5.41) is 10.9.